The first kappa shape index (κ1) is 15.8. The number of nitrogens with zero attached hydrogens (tertiary/aromatic N) is 2. The lowest BCUT2D eigenvalue weighted by Crippen LogP contribution is -2.32. The fraction of sp³-hybridized carbons (Fsp3) is 0.556. The normalized spacial score (nSPS) is 19.0. The monoisotopic (exact) mass is 315 g/mol. The van der Waals surface area contributed by atoms with Crippen LogP contribution in [0, 0.1) is 5.92 Å². The minimum Gasteiger partial charge on any atom is -0.339 e. The number of likely N-dealkylation sites (tertiary alicyclic amines) is 1. The van der Waals surface area contributed by atoms with E-state index in [1.807, 2.05) is 17.0 Å². The second kappa shape index (κ2) is 6.60. The molecule has 23 heavy (non-hydrogen) atoms. The van der Waals surface area contributed by atoms with Gasteiger partial charge in [0.1, 0.15) is 0 Å². The van der Waals surface area contributed by atoms with Crippen LogP contribution in [0.2, 0.25) is 0 Å². The van der Waals surface area contributed by atoms with Crippen molar-refractivity contribution < 1.29 is 4.79 Å². The van der Waals surface area contributed by atoms with Crippen molar-refractivity contribution in [1.82, 2.24) is 14.5 Å². The Bertz CT molecular complexity index is 759. The number of carbonyl (C=O) groups is 1. The molecular formula is C18H25N3O2. The molecule has 0 radical (unpaired) electrons. The lowest BCUT2D eigenvalue weighted by Gasteiger charge is -2.20. The maximum Gasteiger partial charge on any atom is 0.326 e. The highest BCUT2D eigenvalue weighted by molar-refractivity contribution is 5.97. The third-order valence-electron chi connectivity index (χ3n) is 4.98. The molecule has 124 valence electrons. The third kappa shape index (κ3) is 3.19. The van der Waals surface area contributed by atoms with Crippen LogP contribution in [-0.4, -0.2) is 33.4 Å². The number of imidazole rings is 1. The summed E-state index contributed by atoms with van der Waals surface area (Å²) in [6, 6.07) is 5.47. The standard InChI is InChI=1S/C18H25N3O2/c1-3-5-13-6-4-10-21(11-9-13)17(22)14-7-8-16-15(12-14)19-18(23)20(16)2/h7-8,12-13H,3-6,9-11H2,1-2H3,(H,19,23). The zero-order valence-electron chi connectivity index (χ0n) is 14.0. The van der Waals surface area contributed by atoms with Gasteiger partial charge in [0, 0.05) is 25.7 Å². The Labute approximate surface area is 136 Å². The van der Waals surface area contributed by atoms with Crippen LogP contribution in [0.5, 0.6) is 0 Å². The van der Waals surface area contributed by atoms with E-state index in [-0.39, 0.29) is 11.6 Å². The van der Waals surface area contributed by atoms with E-state index in [1.165, 1.54) is 19.3 Å². The topological polar surface area (TPSA) is 58.1 Å². The van der Waals surface area contributed by atoms with Crippen molar-refractivity contribution in [2.75, 3.05) is 13.1 Å². The van der Waals surface area contributed by atoms with E-state index in [9.17, 15) is 9.59 Å². The molecule has 2 heterocycles. The maximum atomic E-state index is 12.8. The molecule has 1 aromatic heterocycles. The van der Waals surface area contributed by atoms with Gasteiger partial charge in [-0.2, -0.15) is 0 Å². The molecule has 1 fully saturated rings. The number of carbonyl (C=O) groups excluding carboxylic acids is 1. The van der Waals surface area contributed by atoms with Crippen LogP contribution in [-0.2, 0) is 7.05 Å². The summed E-state index contributed by atoms with van der Waals surface area (Å²) in [5, 5.41) is 0. The Morgan fingerprint density at radius 3 is 2.91 bits per heavy atom. The molecule has 3 rings (SSSR count). The Hall–Kier alpha value is -2.04. The van der Waals surface area contributed by atoms with Gasteiger partial charge < -0.3 is 9.88 Å². The number of hydrogen-bond donors (Lipinski definition) is 1. The van der Waals surface area contributed by atoms with Crippen molar-refractivity contribution in [2.45, 2.75) is 39.0 Å². The SMILES string of the molecule is CCCC1CCCN(C(=O)c2ccc3c(c2)[nH]c(=O)n3C)CC1. The van der Waals surface area contributed by atoms with E-state index in [0.29, 0.717) is 5.56 Å². The number of hydrogen-bond acceptors (Lipinski definition) is 2. The van der Waals surface area contributed by atoms with Gasteiger partial charge in [-0.3, -0.25) is 9.36 Å². The van der Waals surface area contributed by atoms with E-state index in [1.54, 1.807) is 17.7 Å². The number of amides is 1. The van der Waals surface area contributed by atoms with Gasteiger partial charge >= 0.3 is 5.69 Å². The van der Waals surface area contributed by atoms with Gasteiger partial charge in [0.15, 0.2) is 0 Å². The number of aromatic nitrogens is 2. The Balaban J connectivity index is 1.78. The Morgan fingerprint density at radius 1 is 1.30 bits per heavy atom. The largest absolute Gasteiger partial charge is 0.339 e. The lowest BCUT2D eigenvalue weighted by molar-refractivity contribution is 0.0760. The minimum absolute atomic E-state index is 0.0775. The van der Waals surface area contributed by atoms with Crippen LogP contribution in [0.3, 0.4) is 0 Å². The fourth-order valence-electron chi connectivity index (χ4n) is 3.62. The fourth-order valence-corrected chi connectivity index (χ4v) is 3.62. The molecule has 1 aliphatic heterocycles. The zero-order valence-corrected chi connectivity index (χ0v) is 14.0. The van der Waals surface area contributed by atoms with E-state index in [4.69, 9.17) is 0 Å². The third-order valence-corrected chi connectivity index (χ3v) is 4.98. The molecule has 5 nitrogen and oxygen atoms in total. The molecule has 1 unspecified atom stereocenters. The predicted molar refractivity (Wildman–Crippen MR) is 91.7 cm³/mol. The summed E-state index contributed by atoms with van der Waals surface area (Å²) in [6.45, 7) is 3.90. The van der Waals surface area contributed by atoms with Gasteiger partial charge in [0.2, 0.25) is 0 Å². The van der Waals surface area contributed by atoms with Crippen molar-refractivity contribution in [3.05, 3.63) is 34.2 Å². The lowest BCUT2D eigenvalue weighted by atomic mass is 9.96. The Morgan fingerprint density at radius 2 is 2.13 bits per heavy atom. The summed E-state index contributed by atoms with van der Waals surface area (Å²) < 4.78 is 1.56. The number of fused-ring (bicyclic) bond motifs is 1. The van der Waals surface area contributed by atoms with Crippen LogP contribution < -0.4 is 5.69 Å². The highest BCUT2D eigenvalue weighted by atomic mass is 16.2. The van der Waals surface area contributed by atoms with Crippen molar-refractivity contribution in [1.29, 1.82) is 0 Å². The molecular weight excluding hydrogens is 290 g/mol. The highest BCUT2D eigenvalue weighted by Gasteiger charge is 2.21. The summed E-state index contributed by atoms with van der Waals surface area (Å²) in [7, 11) is 1.73. The van der Waals surface area contributed by atoms with Gasteiger partial charge in [0.25, 0.3) is 5.91 Å². The number of nitrogens with one attached hydrogen (secondary N) is 1. The van der Waals surface area contributed by atoms with Crippen molar-refractivity contribution in [2.24, 2.45) is 13.0 Å². The molecule has 1 N–H and O–H groups in total. The molecule has 1 aromatic carbocycles. The highest BCUT2D eigenvalue weighted by Crippen LogP contribution is 2.23. The molecule has 1 aliphatic rings. The quantitative estimate of drug-likeness (QED) is 0.947. The Kier molecular flexibility index (Phi) is 4.55. The van der Waals surface area contributed by atoms with Crippen molar-refractivity contribution >= 4 is 16.9 Å². The molecule has 1 atom stereocenters. The average Bonchev–Trinajstić information content (AvgIpc) is 2.72. The molecule has 0 aliphatic carbocycles. The van der Waals surface area contributed by atoms with Gasteiger partial charge in [-0.15, -0.1) is 0 Å². The van der Waals surface area contributed by atoms with Crippen molar-refractivity contribution in [3.8, 4) is 0 Å². The van der Waals surface area contributed by atoms with Gasteiger partial charge in [-0.25, -0.2) is 4.79 Å². The van der Waals surface area contributed by atoms with E-state index in [0.717, 1.165) is 42.9 Å². The molecule has 1 amide bonds. The van der Waals surface area contributed by atoms with Gasteiger partial charge in [-0.05, 0) is 43.4 Å². The predicted octanol–water partition coefficient (Wildman–Crippen LogP) is 2.91. The van der Waals surface area contributed by atoms with E-state index in [2.05, 4.69) is 11.9 Å². The molecule has 2 aromatic rings. The summed E-state index contributed by atoms with van der Waals surface area (Å²) >= 11 is 0. The smallest absolute Gasteiger partial charge is 0.326 e. The van der Waals surface area contributed by atoms with Crippen LogP contribution in [0.4, 0.5) is 0 Å². The molecule has 0 bridgehead atoms. The number of rotatable bonds is 3. The average molecular weight is 315 g/mol. The van der Waals surface area contributed by atoms with E-state index < -0.39 is 0 Å². The first-order chi connectivity index (χ1) is 11.1. The minimum atomic E-state index is -0.151. The van der Waals surface area contributed by atoms with Crippen molar-refractivity contribution in [3.63, 3.8) is 0 Å². The first-order valence-corrected chi connectivity index (χ1v) is 8.58. The number of aromatic amines is 1. The number of benzene rings is 1. The summed E-state index contributed by atoms with van der Waals surface area (Å²) in [6.07, 6.45) is 5.89. The number of aryl methyl sites for hydroxylation is 1. The summed E-state index contributed by atoms with van der Waals surface area (Å²) in [5.74, 6) is 0.833. The zero-order chi connectivity index (χ0) is 16.4. The molecule has 0 saturated carbocycles. The second-order valence-electron chi connectivity index (χ2n) is 6.60. The van der Waals surface area contributed by atoms with Crippen LogP contribution >= 0.6 is 0 Å². The number of H-pyrrole nitrogens is 1. The van der Waals surface area contributed by atoms with Crippen LogP contribution in [0.1, 0.15) is 49.4 Å². The first-order valence-electron chi connectivity index (χ1n) is 8.58. The van der Waals surface area contributed by atoms with Crippen LogP contribution in [0.15, 0.2) is 23.0 Å². The van der Waals surface area contributed by atoms with Gasteiger partial charge in [-0.1, -0.05) is 19.8 Å². The maximum absolute atomic E-state index is 12.8. The second-order valence-corrected chi connectivity index (χ2v) is 6.60. The van der Waals surface area contributed by atoms with Crippen LogP contribution in [0.25, 0.3) is 11.0 Å². The molecule has 0 spiro atoms. The van der Waals surface area contributed by atoms with E-state index >= 15 is 0 Å². The molecule has 5 heteroatoms. The van der Waals surface area contributed by atoms with Gasteiger partial charge in [0.05, 0.1) is 11.0 Å². The summed E-state index contributed by atoms with van der Waals surface area (Å²) in [5.41, 5.74) is 2.06. The summed E-state index contributed by atoms with van der Waals surface area (Å²) in [4.78, 5) is 29.2. The molecule has 1 saturated heterocycles.